The summed E-state index contributed by atoms with van der Waals surface area (Å²) in [5, 5.41) is 6.52. The van der Waals surface area contributed by atoms with Crippen LogP contribution in [0.2, 0.25) is 5.02 Å². The molecule has 0 spiro atoms. The van der Waals surface area contributed by atoms with Gasteiger partial charge in [-0.3, -0.25) is 4.98 Å². The van der Waals surface area contributed by atoms with Gasteiger partial charge in [0, 0.05) is 35.0 Å². The average Bonchev–Trinajstić information content (AvgIpc) is 2.45. The summed E-state index contributed by atoms with van der Waals surface area (Å²) in [5.41, 5.74) is 2.28. The maximum Gasteiger partial charge on any atom is 0.0426 e. The number of fused-ring (bicyclic) bond motifs is 1. The second-order valence-electron chi connectivity index (χ2n) is 4.38. The van der Waals surface area contributed by atoms with Crippen LogP contribution in [-0.2, 0) is 6.54 Å². The van der Waals surface area contributed by atoms with Crippen molar-refractivity contribution in [2.75, 3.05) is 5.32 Å². The lowest BCUT2D eigenvalue weighted by Gasteiger charge is -2.09. The smallest absolute Gasteiger partial charge is 0.0426 e. The minimum absolute atomic E-state index is 0.743. The molecule has 0 fully saturated rings. The number of benzene rings is 2. The Morgan fingerprint density at radius 2 is 1.95 bits per heavy atom. The number of halogens is 1. The summed E-state index contributed by atoms with van der Waals surface area (Å²) in [4.78, 5) is 4.15. The summed E-state index contributed by atoms with van der Waals surface area (Å²) in [6, 6.07) is 16.1. The number of nitrogens with one attached hydrogen (secondary N) is 1. The minimum atomic E-state index is 0.743. The van der Waals surface area contributed by atoms with E-state index in [1.807, 2.05) is 42.7 Å². The lowest BCUT2D eigenvalue weighted by atomic mass is 10.1. The van der Waals surface area contributed by atoms with Crippen LogP contribution >= 0.6 is 11.6 Å². The Kier molecular flexibility index (Phi) is 3.34. The monoisotopic (exact) mass is 268 g/mol. The Hall–Kier alpha value is -2.06. The SMILES string of the molecule is Clc1cccc(NCc2cccc3cnccc23)c1. The van der Waals surface area contributed by atoms with Gasteiger partial charge < -0.3 is 5.32 Å². The lowest BCUT2D eigenvalue weighted by molar-refractivity contribution is 1.17. The molecule has 3 heteroatoms. The minimum Gasteiger partial charge on any atom is -0.381 e. The number of hydrogen-bond donors (Lipinski definition) is 1. The molecule has 2 aromatic carbocycles. The fourth-order valence-electron chi connectivity index (χ4n) is 2.14. The third kappa shape index (κ3) is 2.69. The van der Waals surface area contributed by atoms with Gasteiger partial charge in [-0.25, -0.2) is 0 Å². The van der Waals surface area contributed by atoms with Crippen molar-refractivity contribution in [1.82, 2.24) is 4.98 Å². The van der Waals surface area contributed by atoms with Crippen molar-refractivity contribution in [3.05, 3.63) is 71.5 Å². The fourth-order valence-corrected chi connectivity index (χ4v) is 2.33. The Labute approximate surface area is 117 Å². The molecule has 0 unspecified atom stereocenters. The maximum atomic E-state index is 5.97. The highest BCUT2D eigenvalue weighted by molar-refractivity contribution is 6.30. The number of anilines is 1. The largest absolute Gasteiger partial charge is 0.381 e. The van der Waals surface area contributed by atoms with E-state index in [2.05, 4.69) is 28.5 Å². The highest BCUT2D eigenvalue weighted by atomic mass is 35.5. The Morgan fingerprint density at radius 1 is 1.05 bits per heavy atom. The van der Waals surface area contributed by atoms with Gasteiger partial charge in [0.25, 0.3) is 0 Å². The first-order valence-electron chi connectivity index (χ1n) is 6.14. The molecule has 1 aromatic heterocycles. The maximum absolute atomic E-state index is 5.97. The van der Waals surface area contributed by atoms with Crippen LogP contribution in [0.25, 0.3) is 10.8 Å². The predicted molar refractivity (Wildman–Crippen MR) is 80.5 cm³/mol. The molecule has 2 nitrogen and oxygen atoms in total. The summed E-state index contributed by atoms with van der Waals surface area (Å²) < 4.78 is 0. The standard InChI is InChI=1S/C16H13ClN2/c17-14-5-2-6-15(9-14)19-11-13-4-1-3-12-10-18-8-7-16(12)13/h1-10,19H,11H2. The zero-order chi connectivity index (χ0) is 13.1. The van der Waals surface area contributed by atoms with Crippen LogP contribution in [0.3, 0.4) is 0 Å². The van der Waals surface area contributed by atoms with Crippen LogP contribution in [0.1, 0.15) is 5.56 Å². The van der Waals surface area contributed by atoms with Gasteiger partial charge in [0.05, 0.1) is 0 Å². The molecule has 0 aliphatic heterocycles. The summed E-state index contributed by atoms with van der Waals surface area (Å²) in [5.74, 6) is 0. The number of pyridine rings is 1. The molecule has 0 aliphatic carbocycles. The molecule has 0 bridgehead atoms. The van der Waals surface area contributed by atoms with E-state index in [1.54, 1.807) is 0 Å². The molecule has 0 saturated heterocycles. The van der Waals surface area contributed by atoms with E-state index in [0.717, 1.165) is 22.6 Å². The summed E-state index contributed by atoms with van der Waals surface area (Å²) in [6.45, 7) is 0.766. The van der Waals surface area contributed by atoms with Crippen molar-refractivity contribution in [2.45, 2.75) is 6.54 Å². The van der Waals surface area contributed by atoms with Crippen LogP contribution in [0.15, 0.2) is 60.9 Å². The molecule has 1 heterocycles. The fraction of sp³-hybridized carbons (Fsp3) is 0.0625. The van der Waals surface area contributed by atoms with Gasteiger partial charge in [-0.1, -0.05) is 35.9 Å². The topological polar surface area (TPSA) is 24.9 Å². The van der Waals surface area contributed by atoms with Crippen molar-refractivity contribution in [3.63, 3.8) is 0 Å². The van der Waals surface area contributed by atoms with Gasteiger partial charge in [-0.2, -0.15) is 0 Å². The number of nitrogens with zero attached hydrogens (tertiary/aromatic N) is 1. The Bertz CT molecular complexity index is 704. The second-order valence-corrected chi connectivity index (χ2v) is 4.81. The Morgan fingerprint density at radius 3 is 2.84 bits per heavy atom. The van der Waals surface area contributed by atoms with Gasteiger partial charge in [-0.15, -0.1) is 0 Å². The van der Waals surface area contributed by atoms with Crippen molar-refractivity contribution < 1.29 is 0 Å². The van der Waals surface area contributed by atoms with Crippen LogP contribution in [-0.4, -0.2) is 4.98 Å². The van der Waals surface area contributed by atoms with Gasteiger partial charge in [-0.05, 0) is 35.2 Å². The first-order chi connectivity index (χ1) is 9.33. The number of hydrogen-bond acceptors (Lipinski definition) is 2. The summed E-state index contributed by atoms with van der Waals surface area (Å²) >= 11 is 5.97. The van der Waals surface area contributed by atoms with Crippen molar-refractivity contribution in [2.24, 2.45) is 0 Å². The number of aromatic nitrogens is 1. The van der Waals surface area contributed by atoms with Crippen molar-refractivity contribution >= 4 is 28.1 Å². The van der Waals surface area contributed by atoms with Crippen LogP contribution in [0, 0.1) is 0 Å². The van der Waals surface area contributed by atoms with Gasteiger partial charge >= 0.3 is 0 Å². The first-order valence-corrected chi connectivity index (χ1v) is 6.52. The lowest BCUT2D eigenvalue weighted by Crippen LogP contribution is -1.99. The highest BCUT2D eigenvalue weighted by Gasteiger charge is 2.00. The van der Waals surface area contributed by atoms with E-state index >= 15 is 0 Å². The average molecular weight is 269 g/mol. The van der Waals surface area contributed by atoms with Gasteiger partial charge in [0.15, 0.2) is 0 Å². The van der Waals surface area contributed by atoms with E-state index in [9.17, 15) is 0 Å². The van der Waals surface area contributed by atoms with E-state index < -0.39 is 0 Å². The van der Waals surface area contributed by atoms with Crippen LogP contribution in [0.5, 0.6) is 0 Å². The Balaban J connectivity index is 1.86. The van der Waals surface area contributed by atoms with E-state index in [0.29, 0.717) is 0 Å². The van der Waals surface area contributed by atoms with E-state index in [1.165, 1.54) is 10.9 Å². The third-order valence-corrected chi connectivity index (χ3v) is 3.31. The molecular formula is C16H13ClN2. The zero-order valence-corrected chi connectivity index (χ0v) is 11.1. The number of rotatable bonds is 3. The molecule has 94 valence electrons. The summed E-state index contributed by atoms with van der Waals surface area (Å²) in [6.07, 6.45) is 3.71. The zero-order valence-electron chi connectivity index (χ0n) is 10.3. The normalized spacial score (nSPS) is 10.6. The van der Waals surface area contributed by atoms with Crippen LogP contribution in [0.4, 0.5) is 5.69 Å². The molecule has 0 amide bonds. The van der Waals surface area contributed by atoms with Gasteiger partial charge in [0.1, 0.15) is 0 Å². The van der Waals surface area contributed by atoms with E-state index in [-0.39, 0.29) is 0 Å². The predicted octanol–water partition coefficient (Wildman–Crippen LogP) is 4.50. The second kappa shape index (κ2) is 5.29. The van der Waals surface area contributed by atoms with Crippen molar-refractivity contribution in [1.29, 1.82) is 0 Å². The molecule has 0 radical (unpaired) electrons. The molecule has 3 rings (SSSR count). The van der Waals surface area contributed by atoms with Crippen LogP contribution < -0.4 is 5.32 Å². The van der Waals surface area contributed by atoms with E-state index in [4.69, 9.17) is 11.6 Å². The molecule has 0 atom stereocenters. The molecule has 0 saturated carbocycles. The molecular weight excluding hydrogens is 256 g/mol. The molecule has 0 aliphatic rings. The first kappa shape index (κ1) is 12.0. The van der Waals surface area contributed by atoms with Crippen molar-refractivity contribution in [3.8, 4) is 0 Å². The summed E-state index contributed by atoms with van der Waals surface area (Å²) in [7, 11) is 0. The molecule has 3 aromatic rings. The molecule has 1 N–H and O–H groups in total. The third-order valence-electron chi connectivity index (χ3n) is 3.08. The van der Waals surface area contributed by atoms with Gasteiger partial charge in [0.2, 0.25) is 0 Å². The quantitative estimate of drug-likeness (QED) is 0.756. The molecule has 19 heavy (non-hydrogen) atoms. The highest BCUT2D eigenvalue weighted by Crippen LogP contribution is 2.20.